The van der Waals surface area contributed by atoms with Gasteiger partial charge in [0.2, 0.25) is 0 Å². The number of hydrogen-bond acceptors (Lipinski definition) is 1. The molecule has 2 heteroatoms. The Labute approximate surface area is 138 Å². The number of carbonyl (C=O) groups is 1. The van der Waals surface area contributed by atoms with E-state index < -0.39 is 0 Å². The first kappa shape index (κ1) is 21.0. The maximum atomic E-state index is 10.1. The van der Waals surface area contributed by atoms with Crippen molar-refractivity contribution >= 4 is 6.29 Å². The minimum Gasteiger partial charge on any atom is -1.00 e. The van der Waals surface area contributed by atoms with Crippen LogP contribution in [0.25, 0.3) is 0 Å². The predicted molar refractivity (Wildman–Crippen MR) is 77.4 cm³/mol. The molecule has 0 amide bonds. The van der Waals surface area contributed by atoms with Crippen LogP contribution in [0.4, 0.5) is 0 Å². The second kappa shape index (κ2) is 17.7. The summed E-state index contributed by atoms with van der Waals surface area (Å²) < 4.78 is 0. The average Bonchev–Trinajstić information content (AvgIpc) is 2.30. The molecule has 0 aliphatic rings. The van der Waals surface area contributed by atoms with E-state index in [9.17, 15) is 4.79 Å². The maximum Gasteiger partial charge on any atom is 1.00 e. The fourth-order valence-corrected chi connectivity index (χ4v) is 2.19. The first-order chi connectivity index (χ1) is 8.27. The Morgan fingerprint density at radius 1 is 0.778 bits per heavy atom. The Morgan fingerprint density at radius 3 is 1.56 bits per heavy atom. The molecule has 1 nitrogen and oxygen atoms in total. The summed E-state index contributed by atoms with van der Waals surface area (Å²) in [6, 6.07) is 0. The van der Waals surface area contributed by atoms with Gasteiger partial charge in [-0.05, 0) is 12.3 Å². The number of carbonyl (C=O) groups excluding carboxylic acids is 1. The third-order valence-electron chi connectivity index (χ3n) is 3.35. The van der Waals surface area contributed by atoms with Crippen molar-refractivity contribution in [1.82, 2.24) is 0 Å². The Kier molecular flexibility index (Phi) is 20.6. The summed E-state index contributed by atoms with van der Waals surface area (Å²) in [5, 5.41) is 0. The standard InChI is InChI=1S/C16H32O.Na.H/c1-16(2)14-12-10-8-6-4-3-5-7-9-11-13-15-17;;/h15-16H,3-14H2,1-2H3;;/q;+1;-1. The van der Waals surface area contributed by atoms with E-state index >= 15 is 0 Å². The van der Waals surface area contributed by atoms with Crippen LogP contribution in [0.15, 0.2) is 0 Å². The van der Waals surface area contributed by atoms with Crippen LogP contribution in [0.3, 0.4) is 0 Å². The van der Waals surface area contributed by atoms with Crippen molar-refractivity contribution in [2.45, 2.75) is 90.9 Å². The van der Waals surface area contributed by atoms with Gasteiger partial charge in [0.15, 0.2) is 0 Å². The number of unbranched alkanes of at least 4 members (excludes halogenated alkanes) is 10. The Balaban J connectivity index is -0.00000128. The van der Waals surface area contributed by atoms with Gasteiger partial charge in [-0.3, -0.25) is 0 Å². The molecule has 0 atom stereocenters. The first-order valence-corrected chi connectivity index (χ1v) is 7.71. The quantitative estimate of drug-likeness (QED) is 0.284. The molecule has 0 spiro atoms. The molecule has 0 aromatic carbocycles. The van der Waals surface area contributed by atoms with Crippen molar-refractivity contribution in [2.75, 3.05) is 0 Å². The van der Waals surface area contributed by atoms with Crippen LogP contribution in [0, 0.1) is 5.92 Å². The molecule has 0 aromatic heterocycles. The van der Waals surface area contributed by atoms with Crippen molar-refractivity contribution in [3.63, 3.8) is 0 Å². The van der Waals surface area contributed by atoms with Crippen LogP contribution in [0.2, 0.25) is 0 Å². The van der Waals surface area contributed by atoms with Crippen molar-refractivity contribution in [3.05, 3.63) is 0 Å². The van der Waals surface area contributed by atoms with Crippen LogP contribution in [-0.4, -0.2) is 6.29 Å². The largest absolute Gasteiger partial charge is 1.00 e. The van der Waals surface area contributed by atoms with Crippen LogP contribution >= 0.6 is 0 Å². The summed E-state index contributed by atoms with van der Waals surface area (Å²) in [4.78, 5) is 10.1. The zero-order chi connectivity index (χ0) is 12.8. The molecule has 0 saturated heterocycles. The minimum absolute atomic E-state index is 0. The smallest absolute Gasteiger partial charge is 1.00 e. The average molecular weight is 264 g/mol. The predicted octanol–water partition coefficient (Wildman–Crippen LogP) is 2.64. The molecule has 0 rings (SSSR count). The summed E-state index contributed by atoms with van der Waals surface area (Å²) in [5.41, 5.74) is 0. The van der Waals surface area contributed by atoms with E-state index in [1.54, 1.807) is 0 Å². The molecule has 0 aromatic rings. The molecule has 0 aliphatic heterocycles. The van der Waals surface area contributed by atoms with Crippen LogP contribution in [0.5, 0.6) is 0 Å². The van der Waals surface area contributed by atoms with Gasteiger partial charge in [0.25, 0.3) is 0 Å². The number of rotatable bonds is 13. The van der Waals surface area contributed by atoms with E-state index in [0.29, 0.717) is 0 Å². The number of aldehydes is 1. The van der Waals surface area contributed by atoms with E-state index in [1.807, 2.05) is 0 Å². The normalized spacial score (nSPS) is 10.4. The van der Waals surface area contributed by atoms with Gasteiger partial charge in [0.1, 0.15) is 6.29 Å². The van der Waals surface area contributed by atoms with Crippen LogP contribution < -0.4 is 29.6 Å². The minimum atomic E-state index is 0. The maximum absolute atomic E-state index is 10.1. The second-order valence-electron chi connectivity index (χ2n) is 5.67. The van der Waals surface area contributed by atoms with Crippen molar-refractivity contribution in [1.29, 1.82) is 0 Å². The summed E-state index contributed by atoms with van der Waals surface area (Å²) in [6.45, 7) is 4.62. The molecule has 18 heavy (non-hydrogen) atoms. The summed E-state index contributed by atoms with van der Waals surface area (Å²) in [7, 11) is 0. The molecule has 0 saturated carbocycles. The molecular weight excluding hydrogens is 231 g/mol. The zero-order valence-corrected chi connectivity index (χ0v) is 15.0. The SMILES string of the molecule is CC(C)CCCCCCCCCCCCC=O.[H-].[Na+]. The third-order valence-corrected chi connectivity index (χ3v) is 3.35. The van der Waals surface area contributed by atoms with E-state index in [1.165, 1.54) is 64.2 Å². The van der Waals surface area contributed by atoms with Gasteiger partial charge in [-0.1, -0.05) is 78.1 Å². The van der Waals surface area contributed by atoms with Crippen molar-refractivity contribution < 1.29 is 35.8 Å². The Hall–Kier alpha value is 0.670. The molecule has 0 heterocycles. The van der Waals surface area contributed by atoms with E-state index in [0.717, 1.165) is 25.0 Å². The molecular formula is C16H33NaO. The van der Waals surface area contributed by atoms with E-state index in [-0.39, 0.29) is 31.0 Å². The van der Waals surface area contributed by atoms with Crippen LogP contribution in [-0.2, 0) is 4.79 Å². The van der Waals surface area contributed by atoms with E-state index in [2.05, 4.69) is 13.8 Å². The molecule has 0 radical (unpaired) electrons. The van der Waals surface area contributed by atoms with Crippen LogP contribution in [0.1, 0.15) is 92.3 Å². The fraction of sp³-hybridized carbons (Fsp3) is 0.938. The monoisotopic (exact) mass is 264 g/mol. The second-order valence-corrected chi connectivity index (χ2v) is 5.67. The Morgan fingerprint density at radius 2 is 1.17 bits per heavy atom. The summed E-state index contributed by atoms with van der Waals surface area (Å²) >= 11 is 0. The Bertz CT molecular complexity index is 163. The van der Waals surface area contributed by atoms with Crippen molar-refractivity contribution in [2.24, 2.45) is 5.92 Å². The van der Waals surface area contributed by atoms with Gasteiger partial charge in [-0.2, -0.15) is 0 Å². The first-order valence-electron chi connectivity index (χ1n) is 7.71. The molecule has 0 N–H and O–H groups in total. The number of hydrogen-bond donors (Lipinski definition) is 0. The summed E-state index contributed by atoms with van der Waals surface area (Å²) in [5.74, 6) is 0.876. The zero-order valence-electron chi connectivity index (χ0n) is 14.0. The van der Waals surface area contributed by atoms with Gasteiger partial charge in [0.05, 0.1) is 0 Å². The molecule has 0 fully saturated rings. The topological polar surface area (TPSA) is 17.1 Å². The molecule has 104 valence electrons. The van der Waals surface area contributed by atoms with Gasteiger partial charge in [0, 0.05) is 6.42 Å². The molecule has 0 aliphatic carbocycles. The molecule has 0 unspecified atom stereocenters. The summed E-state index contributed by atoms with van der Waals surface area (Å²) in [6.07, 6.45) is 16.7. The van der Waals surface area contributed by atoms with Gasteiger partial charge < -0.3 is 6.22 Å². The van der Waals surface area contributed by atoms with E-state index in [4.69, 9.17) is 0 Å². The fourth-order valence-electron chi connectivity index (χ4n) is 2.19. The molecule has 0 bridgehead atoms. The van der Waals surface area contributed by atoms with Gasteiger partial charge >= 0.3 is 29.6 Å². The van der Waals surface area contributed by atoms with Gasteiger partial charge in [-0.15, -0.1) is 0 Å². The van der Waals surface area contributed by atoms with Crippen molar-refractivity contribution in [3.8, 4) is 0 Å². The third kappa shape index (κ3) is 19.0. The van der Waals surface area contributed by atoms with Gasteiger partial charge in [-0.25, -0.2) is 0 Å².